The van der Waals surface area contributed by atoms with Gasteiger partial charge in [0.25, 0.3) is 0 Å². The fourth-order valence-electron chi connectivity index (χ4n) is 3.45. The van der Waals surface area contributed by atoms with Crippen LogP contribution in [0.4, 0.5) is 0 Å². The zero-order valence-corrected chi connectivity index (χ0v) is 15.0. The smallest absolute Gasteiger partial charge is 0.226 e. The van der Waals surface area contributed by atoms with Crippen LogP contribution in [0.1, 0.15) is 32.3 Å². The van der Waals surface area contributed by atoms with Gasteiger partial charge in [0.15, 0.2) is 0 Å². The molecule has 1 N–H and O–H groups in total. The molecule has 1 amide bonds. The SMILES string of the molecule is CC(C)NC(=O)C1(Cc2cccc(-c3cccnc3)c2)CCOCC1. The number of benzene rings is 1. The highest BCUT2D eigenvalue weighted by molar-refractivity contribution is 5.83. The Labute approximate surface area is 149 Å². The summed E-state index contributed by atoms with van der Waals surface area (Å²) in [5.41, 5.74) is 3.03. The number of nitrogens with zero attached hydrogens (tertiary/aromatic N) is 1. The fourth-order valence-corrected chi connectivity index (χ4v) is 3.45. The van der Waals surface area contributed by atoms with E-state index in [9.17, 15) is 4.79 Å². The second kappa shape index (κ2) is 7.79. The largest absolute Gasteiger partial charge is 0.381 e. The number of ether oxygens (including phenoxy) is 1. The first-order chi connectivity index (χ1) is 12.1. The number of carbonyl (C=O) groups excluding carboxylic acids is 1. The van der Waals surface area contributed by atoms with Crippen LogP contribution in [0, 0.1) is 5.41 Å². The van der Waals surface area contributed by atoms with Crippen molar-refractivity contribution in [2.24, 2.45) is 5.41 Å². The molecule has 0 saturated carbocycles. The summed E-state index contributed by atoms with van der Waals surface area (Å²) in [5.74, 6) is 0.151. The van der Waals surface area contributed by atoms with Crippen LogP contribution in [-0.4, -0.2) is 30.1 Å². The summed E-state index contributed by atoms with van der Waals surface area (Å²) in [6.07, 6.45) is 5.92. The highest BCUT2D eigenvalue weighted by Gasteiger charge is 2.40. The van der Waals surface area contributed by atoms with Gasteiger partial charge in [0.2, 0.25) is 5.91 Å². The van der Waals surface area contributed by atoms with Crippen molar-refractivity contribution in [1.29, 1.82) is 0 Å². The molecular formula is C21H26N2O2. The van der Waals surface area contributed by atoms with E-state index in [1.54, 1.807) is 6.20 Å². The van der Waals surface area contributed by atoms with Gasteiger partial charge in [0, 0.05) is 31.6 Å². The van der Waals surface area contributed by atoms with Crippen LogP contribution in [0.5, 0.6) is 0 Å². The molecule has 0 unspecified atom stereocenters. The topological polar surface area (TPSA) is 51.2 Å². The predicted octanol–water partition coefficient (Wildman–Crippen LogP) is 3.61. The molecule has 2 heterocycles. The molecule has 1 aliphatic rings. The Kier molecular flexibility index (Phi) is 5.49. The number of hydrogen-bond donors (Lipinski definition) is 1. The molecule has 0 atom stereocenters. The van der Waals surface area contributed by atoms with Gasteiger partial charge >= 0.3 is 0 Å². The number of carbonyl (C=O) groups is 1. The van der Waals surface area contributed by atoms with Gasteiger partial charge in [-0.2, -0.15) is 0 Å². The molecule has 132 valence electrons. The maximum Gasteiger partial charge on any atom is 0.226 e. The Morgan fingerprint density at radius 3 is 2.64 bits per heavy atom. The third-order valence-corrected chi connectivity index (χ3v) is 4.82. The molecule has 1 aliphatic heterocycles. The summed E-state index contributed by atoms with van der Waals surface area (Å²) < 4.78 is 5.52. The molecule has 4 heteroatoms. The normalized spacial score (nSPS) is 16.6. The number of hydrogen-bond acceptors (Lipinski definition) is 3. The van der Waals surface area contributed by atoms with E-state index in [1.165, 1.54) is 5.56 Å². The van der Waals surface area contributed by atoms with Gasteiger partial charge < -0.3 is 10.1 Å². The van der Waals surface area contributed by atoms with E-state index in [4.69, 9.17) is 4.74 Å². The Balaban J connectivity index is 1.86. The number of amides is 1. The van der Waals surface area contributed by atoms with E-state index in [0.29, 0.717) is 13.2 Å². The predicted molar refractivity (Wildman–Crippen MR) is 99.1 cm³/mol. The van der Waals surface area contributed by atoms with E-state index in [-0.39, 0.29) is 17.4 Å². The third-order valence-electron chi connectivity index (χ3n) is 4.82. The zero-order chi connectivity index (χ0) is 17.7. The minimum atomic E-state index is -0.379. The molecule has 1 fully saturated rings. The van der Waals surface area contributed by atoms with E-state index >= 15 is 0 Å². The minimum absolute atomic E-state index is 0.147. The Morgan fingerprint density at radius 2 is 1.96 bits per heavy atom. The summed E-state index contributed by atoms with van der Waals surface area (Å²) in [7, 11) is 0. The van der Waals surface area contributed by atoms with E-state index in [0.717, 1.165) is 30.4 Å². The fraction of sp³-hybridized carbons (Fsp3) is 0.429. The lowest BCUT2D eigenvalue weighted by Crippen LogP contribution is -2.48. The van der Waals surface area contributed by atoms with E-state index in [1.807, 2.05) is 26.1 Å². The summed E-state index contributed by atoms with van der Waals surface area (Å²) in [6, 6.07) is 12.6. The maximum absolute atomic E-state index is 12.9. The number of aromatic nitrogens is 1. The van der Waals surface area contributed by atoms with Crippen molar-refractivity contribution in [3.63, 3.8) is 0 Å². The van der Waals surface area contributed by atoms with Crippen LogP contribution < -0.4 is 5.32 Å². The van der Waals surface area contributed by atoms with Gasteiger partial charge in [-0.05, 0) is 55.9 Å². The van der Waals surface area contributed by atoms with Crippen LogP contribution in [0.3, 0.4) is 0 Å². The van der Waals surface area contributed by atoms with Gasteiger partial charge in [-0.25, -0.2) is 0 Å². The standard InChI is InChI=1S/C21H26N2O2/c1-16(2)23-20(24)21(8-11-25-12-9-21)14-17-5-3-6-18(13-17)19-7-4-10-22-15-19/h3-7,10,13,15-16H,8-9,11-12,14H2,1-2H3,(H,23,24). The first-order valence-electron chi connectivity index (χ1n) is 8.97. The Hall–Kier alpha value is -2.20. The average molecular weight is 338 g/mol. The van der Waals surface area contributed by atoms with Gasteiger partial charge in [0.1, 0.15) is 0 Å². The van der Waals surface area contributed by atoms with Crippen molar-refractivity contribution in [3.8, 4) is 11.1 Å². The Bertz CT molecular complexity index is 707. The van der Waals surface area contributed by atoms with Crippen LogP contribution in [0.15, 0.2) is 48.8 Å². The van der Waals surface area contributed by atoms with Crippen LogP contribution >= 0.6 is 0 Å². The van der Waals surface area contributed by atoms with Gasteiger partial charge in [-0.3, -0.25) is 9.78 Å². The molecule has 0 bridgehead atoms. The lowest BCUT2D eigenvalue weighted by molar-refractivity contribution is -0.137. The van der Waals surface area contributed by atoms with Gasteiger partial charge in [-0.15, -0.1) is 0 Å². The van der Waals surface area contributed by atoms with Crippen molar-refractivity contribution in [1.82, 2.24) is 10.3 Å². The second-order valence-corrected chi connectivity index (χ2v) is 7.14. The highest BCUT2D eigenvalue weighted by atomic mass is 16.5. The molecule has 1 aromatic heterocycles. The number of rotatable bonds is 5. The van der Waals surface area contributed by atoms with E-state index in [2.05, 4.69) is 40.6 Å². The maximum atomic E-state index is 12.9. The molecule has 4 nitrogen and oxygen atoms in total. The number of nitrogens with one attached hydrogen (secondary N) is 1. The molecule has 0 spiro atoms. The lowest BCUT2D eigenvalue weighted by atomic mass is 9.74. The summed E-state index contributed by atoms with van der Waals surface area (Å²) >= 11 is 0. The van der Waals surface area contributed by atoms with Crippen LogP contribution in [0.25, 0.3) is 11.1 Å². The molecule has 1 saturated heterocycles. The molecule has 25 heavy (non-hydrogen) atoms. The minimum Gasteiger partial charge on any atom is -0.381 e. The molecular weight excluding hydrogens is 312 g/mol. The molecule has 1 aromatic carbocycles. The molecule has 2 aromatic rings. The first kappa shape index (κ1) is 17.6. The van der Waals surface area contributed by atoms with Crippen molar-refractivity contribution >= 4 is 5.91 Å². The monoisotopic (exact) mass is 338 g/mol. The molecule has 0 aliphatic carbocycles. The first-order valence-corrected chi connectivity index (χ1v) is 8.97. The third kappa shape index (κ3) is 4.26. The van der Waals surface area contributed by atoms with Crippen molar-refractivity contribution < 1.29 is 9.53 Å². The lowest BCUT2D eigenvalue weighted by Gasteiger charge is -2.36. The summed E-state index contributed by atoms with van der Waals surface area (Å²) in [5, 5.41) is 3.12. The van der Waals surface area contributed by atoms with Crippen molar-refractivity contribution in [2.45, 2.75) is 39.2 Å². The van der Waals surface area contributed by atoms with Crippen molar-refractivity contribution in [2.75, 3.05) is 13.2 Å². The van der Waals surface area contributed by atoms with E-state index < -0.39 is 0 Å². The van der Waals surface area contributed by atoms with Crippen LogP contribution in [-0.2, 0) is 16.0 Å². The zero-order valence-electron chi connectivity index (χ0n) is 15.0. The quantitative estimate of drug-likeness (QED) is 0.906. The van der Waals surface area contributed by atoms with Gasteiger partial charge in [-0.1, -0.05) is 30.3 Å². The highest BCUT2D eigenvalue weighted by Crippen LogP contribution is 2.35. The molecule has 0 radical (unpaired) electrons. The molecule has 3 rings (SSSR count). The summed E-state index contributed by atoms with van der Waals surface area (Å²) in [4.78, 5) is 17.1. The second-order valence-electron chi connectivity index (χ2n) is 7.14. The summed E-state index contributed by atoms with van der Waals surface area (Å²) in [6.45, 7) is 5.31. The van der Waals surface area contributed by atoms with Gasteiger partial charge in [0.05, 0.1) is 5.41 Å². The van der Waals surface area contributed by atoms with Crippen LogP contribution in [0.2, 0.25) is 0 Å². The Morgan fingerprint density at radius 1 is 1.20 bits per heavy atom. The number of pyridine rings is 1. The average Bonchev–Trinajstić information content (AvgIpc) is 2.63. The van der Waals surface area contributed by atoms with Crippen molar-refractivity contribution in [3.05, 3.63) is 54.4 Å².